The first-order valence-electron chi connectivity index (χ1n) is 6.98. The van der Waals surface area contributed by atoms with E-state index >= 15 is 0 Å². The minimum Gasteiger partial charge on any atom is -0.312 e. The molecule has 0 aliphatic heterocycles. The molecule has 0 spiro atoms. The summed E-state index contributed by atoms with van der Waals surface area (Å²) in [5.74, 6) is 0. The van der Waals surface area contributed by atoms with Gasteiger partial charge in [0.25, 0.3) is 0 Å². The Balaban J connectivity index is 1.55. The first-order valence-corrected chi connectivity index (χ1v) is 6.98. The summed E-state index contributed by atoms with van der Waals surface area (Å²) < 4.78 is 0. The average Bonchev–Trinajstić information content (AvgIpc) is 2.52. The predicted molar refractivity (Wildman–Crippen MR) is 85.5 cm³/mol. The third-order valence-corrected chi connectivity index (χ3v) is 3.43. The van der Waals surface area contributed by atoms with Crippen LogP contribution in [-0.4, -0.2) is 6.54 Å². The number of hydrogen-bond acceptors (Lipinski definition) is 1. The van der Waals surface area contributed by atoms with Gasteiger partial charge in [0, 0.05) is 19.5 Å². The fourth-order valence-electron chi connectivity index (χ4n) is 2.34. The summed E-state index contributed by atoms with van der Waals surface area (Å²) in [5.41, 5.74) is 2.59. The highest BCUT2D eigenvalue weighted by molar-refractivity contribution is 5.83. The molecular weight excluding hydrogens is 242 g/mol. The average molecular weight is 260 g/mol. The van der Waals surface area contributed by atoms with Crippen molar-refractivity contribution in [2.75, 3.05) is 6.54 Å². The minimum atomic E-state index is 0.882. The Hall–Kier alpha value is -2.12. The monoisotopic (exact) mass is 260 g/mol. The second kappa shape index (κ2) is 6.36. The summed E-state index contributed by atoms with van der Waals surface area (Å²) in [4.78, 5) is 0. The normalized spacial score (nSPS) is 10.8. The molecule has 0 saturated heterocycles. The summed E-state index contributed by atoms with van der Waals surface area (Å²) in [6, 6.07) is 25.5. The van der Waals surface area contributed by atoms with E-state index in [9.17, 15) is 0 Å². The molecule has 1 heteroatoms. The molecule has 0 fully saturated rings. The molecule has 99 valence electrons. The molecule has 0 aromatic heterocycles. The highest BCUT2D eigenvalue weighted by Crippen LogP contribution is 2.16. The van der Waals surface area contributed by atoms with Crippen molar-refractivity contribution in [1.82, 2.24) is 5.32 Å². The Morgan fingerprint density at radius 3 is 2.35 bits per heavy atom. The van der Waals surface area contributed by atoms with Crippen molar-refractivity contribution in [1.29, 1.82) is 0 Å². The van der Waals surface area contributed by atoms with Gasteiger partial charge in [0.15, 0.2) is 0 Å². The number of rotatable bonds is 5. The SMILES string of the molecule is [CH](CNCc1ccccc1)c1ccc2ccccc2c1. The highest BCUT2D eigenvalue weighted by atomic mass is 14.8. The molecule has 3 rings (SSSR count). The number of fused-ring (bicyclic) bond motifs is 1. The summed E-state index contributed by atoms with van der Waals surface area (Å²) in [5, 5.41) is 6.03. The van der Waals surface area contributed by atoms with Gasteiger partial charge in [-0.2, -0.15) is 0 Å². The van der Waals surface area contributed by atoms with Crippen LogP contribution in [0.5, 0.6) is 0 Å². The summed E-state index contributed by atoms with van der Waals surface area (Å²) in [7, 11) is 0. The lowest BCUT2D eigenvalue weighted by Gasteiger charge is -2.06. The Labute approximate surface area is 120 Å². The standard InChI is InChI=1S/C19H18N/c1-2-6-17(7-3-1)15-20-13-12-16-10-11-18-8-4-5-9-19(18)14-16/h1-12,14,20H,13,15H2. The molecule has 0 saturated carbocycles. The fraction of sp³-hybridized carbons (Fsp3) is 0.105. The second-order valence-corrected chi connectivity index (χ2v) is 4.93. The molecule has 0 atom stereocenters. The maximum atomic E-state index is 3.44. The molecule has 0 bridgehead atoms. The van der Waals surface area contributed by atoms with Crippen LogP contribution in [0.15, 0.2) is 72.8 Å². The minimum absolute atomic E-state index is 0.882. The van der Waals surface area contributed by atoms with Gasteiger partial charge in [-0.3, -0.25) is 0 Å². The van der Waals surface area contributed by atoms with Gasteiger partial charge < -0.3 is 5.32 Å². The van der Waals surface area contributed by atoms with E-state index < -0.39 is 0 Å². The quantitative estimate of drug-likeness (QED) is 0.678. The Kier molecular flexibility index (Phi) is 4.10. The van der Waals surface area contributed by atoms with Crippen LogP contribution < -0.4 is 5.32 Å². The first kappa shape index (κ1) is 12.9. The molecule has 1 nitrogen and oxygen atoms in total. The van der Waals surface area contributed by atoms with E-state index in [-0.39, 0.29) is 0 Å². The van der Waals surface area contributed by atoms with Crippen LogP contribution in [0.3, 0.4) is 0 Å². The number of hydrogen-bond donors (Lipinski definition) is 1. The molecule has 1 N–H and O–H groups in total. The van der Waals surface area contributed by atoms with Crippen molar-refractivity contribution in [3.05, 3.63) is 90.3 Å². The first-order chi connectivity index (χ1) is 9.92. The van der Waals surface area contributed by atoms with Crippen molar-refractivity contribution in [2.24, 2.45) is 0 Å². The van der Waals surface area contributed by atoms with Gasteiger partial charge in [-0.25, -0.2) is 0 Å². The van der Waals surface area contributed by atoms with E-state index in [1.165, 1.54) is 21.9 Å². The molecule has 20 heavy (non-hydrogen) atoms. The lowest BCUT2D eigenvalue weighted by Crippen LogP contribution is -2.15. The highest BCUT2D eigenvalue weighted by Gasteiger charge is 1.97. The molecule has 0 unspecified atom stereocenters. The van der Waals surface area contributed by atoms with Gasteiger partial charge in [-0.15, -0.1) is 0 Å². The van der Waals surface area contributed by atoms with Crippen molar-refractivity contribution in [3.63, 3.8) is 0 Å². The largest absolute Gasteiger partial charge is 0.312 e. The van der Waals surface area contributed by atoms with Gasteiger partial charge in [0.1, 0.15) is 0 Å². The van der Waals surface area contributed by atoms with Crippen LogP contribution >= 0.6 is 0 Å². The molecule has 3 aromatic rings. The summed E-state index contributed by atoms with van der Waals surface area (Å²) >= 11 is 0. The zero-order chi connectivity index (χ0) is 13.6. The van der Waals surface area contributed by atoms with E-state index in [1.54, 1.807) is 0 Å². The Bertz CT molecular complexity index is 673. The van der Waals surface area contributed by atoms with Crippen LogP contribution in [0, 0.1) is 6.42 Å². The van der Waals surface area contributed by atoms with Gasteiger partial charge in [-0.05, 0) is 21.9 Å². The van der Waals surface area contributed by atoms with Crippen molar-refractivity contribution in [2.45, 2.75) is 6.54 Å². The number of nitrogens with one attached hydrogen (secondary N) is 1. The summed E-state index contributed by atoms with van der Waals surface area (Å²) in [6.07, 6.45) is 2.23. The zero-order valence-electron chi connectivity index (χ0n) is 11.4. The lowest BCUT2D eigenvalue weighted by molar-refractivity contribution is 0.742. The van der Waals surface area contributed by atoms with Crippen LogP contribution in [0.1, 0.15) is 11.1 Å². The van der Waals surface area contributed by atoms with E-state index in [1.807, 2.05) is 6.07 Å². The zero-order valence-corrected chi connectivity index (χ0v) is 11.4. The second-order valence-electron chi connectivity index (χ2n) is 4.93. The van der Waals surface area contributed by atoms with Gasteiger partial charge in [0.2, 0.25) is 0 Å². The van der Waals surface area contributed by atoms with Gasteiger partial charge in [0.05, 0.1) is 0 Å². The van der Waals surface area contributed by atoms with E-state index in [0.717, 1.165) is 13.1 Å². The lowest BCUT2D eigenvalue weighted by atomic mass is 10.1. The third-order valence-electron chi connectivity index (χ3n) is 3.43. The maximum absolute atomic E-state index is 3.44. The van der Waals surface area contributed by atoms with Crippen LogP contribution in [0.25, 0.3) is 10.8 Å². The van der Waals surface area contributed by atoms with Crippen LogP contribution in [0.4, 0.5) is 0 Å². The molecule has 0 aliphatic carbocycles. The predicted octanol–water partition coefficient (Wildman–Crippen LogP) is 4.18. The van der Waals surface area contributed by atoms with Gasteiger partial charge in [-0.1, -0.05) is 72.8 Å². The van der Waals surface area contributed by atoms with Crippen LogP contribution in [0.2, 0.25) is 0 Å². The topological polar surface area (TPSA) is 12.0 Å². The smallest absolute Gasteiger partial charge is 0.0205 e. The van der Waals surface area contributed by atoms with Crippen molar-refractivity contribution in [3.8, 4) is 0 Å². The Morgan fingerprint density at radius 1 is 0.750 bits per heavy atom. The Morgan fingerprint density at radius 2 is 1.50 bits per heavy atom. The molecular formula is C19H18N. The van der Waals surface area contributed by atoms with E-state index in [4.69, 9.17) is 0 Å². The molecule has 3 aromatic carbocycles. The summed E-state index contributed by atoms with van der Waals surface area (Å²) in [6.45, 7) is 1.79. The van der Waals surface area contributed by atoms with Crippen molar-refractivity contribution < 1.29 is 0 Å². The molecule has 0 aliphatic rings. The molecule has 0 amide bonds. The van der Waals surface area contributed by atoms with E-state index in [0.29, 0.717) is 0 Å². The fourth-order valence-corrected chi connectivity index (χ4v) is 2.34. The van der Waals surface area contributed by atoms with Gasteiger partial charge >= 0.3 is 0 Å². The van der Waals surface area contributed by atoms with Crippen molar-refractivity contribution >= 4 is 10.8 Å². The molecule has 0 heterocycles. The number of benzene rings is 3. The van der Waals surface area contributed by atoms with Crippen LogP contribution in [-0.2, 0) is 6.54 Å². The third kappa shape index (κ3) is 3.25. The van der Waals surface area contributed by atoms with E-state index in [2.05, 4.69) is 78.5 Å². The molecule has 1 radical (unpaired) electrons. The maximum Gasteiger partial charge on any atom is 0.0205 e.